The van der Waals surface area contributed by atoms with Gasteiger partial charge < -0.3 is 14.8 Å². The highest BCUT2D eigenvalue weighted by atomic mass is 32.1. The van der Waals surface area contributed by atoms with Gasteiger partial charge >= 0.3 is 0 Å². The van der Waals surface area contributed by atoms with Crippen LogP contribution in [0, 0.1) is 5.41 Å². The molecule has 168 valence electrons. The predicted molar refractivity (Wildman–Crippen MR) is 126 cm³/mol. The fraction of sp³-hybridized carbons (Fsp3) is 0.500. The van der Waals surface area contributed by atoms with E-state index < -0.39 is 0 Å². The number of carbonyl (C=O) groups excluding carboxylic acids is 2. The van der Waals surface area contributed by atoms with Crippen LogP contribution in [0.2, 0.25) is 0 Å². The summed E-state index contributed by atoms with van der Waals surface area (Å²) in [7, 11) is 2.08. The number of thiophene rings is 1. The summed E-state index contributed by atoms with van der Waals surface area (Å²) >= 11 is 1.44. The molecule has 0 aromatic carbocycles. The van der Waals surface area contributed by atoms with E-state index in [2.05, 4.69) is 28.8 Å². The molecule has 3 aromatic heterocycles. The molecule has 3 aromatic rings. The number of aromatic nitrogens is 3. The van der Waals surface area contributed by atoms with Crippen LogP contribution in [0.5, 0.6) is 0 Å². The second-order valence-corrected chi connectivity index (χ2v) is 10.4. The molecule has 1 saturated carbocycles. The molecule has 1 saturated heterocycles. The molecule has 1 amide bonds. The minimum Gasteiger partial charge on any atom is -0.344 e. The molecule has 7 nitrogen and oxygen atoms in total. The third-order valence-corrected chi connectivity index (χ3v) is 8.09. The number of fused-ring (bicyclic) bond motifs is 1. The lowest BCUT2D eigenvalue weighted by Gasteiger charge is -2.32. The third kappa shape index (κ3) is 3.86. The van der Waals surface area contributed by atoms with Crippen molar-refractivity contribution in [1.82, 2.24) is 24.8 Å². The summed E-state index contributed by atoms with van der Waals surface area (Å²) in [6.45, 7) is 5.38. The van der Waals surface area contributed by atoms with Crippen molar-refractivity contribution in [2.24, 2.45) is 5.41 Å². The van der Waals surface area contributed by atoms with Crippen LogP contribution in [0.1, 0.15) is 59.1 Å². The number of aromatic amines is 1. The Balaban J connectivity index is 1.41. The van der Waals surface area contributed by atoms with E-state index in [9.17, 15) is 9.59 Å². The molecule has 0 atom stereocenters. The molecular formula is C24H29N5O2S. The lowest BCUT2D eigenvalue weighted by Crippen LogP contribution is -2.46. The summed E-state index contributed by atoms with van der Waals surface area (Å²) in [5.41, 5.74) is 2.25. The average molecular weight is 452 g/mol. The van der Waals surface area contributed by atoms with Crippen molar-refractivity contribution < 1.29 is 9.59 Å². The van der Waals surface area contributed by atoms with Gasteiger partial charge in [-0.2, -0.15) is 0 Å². The molecule has 2 aliphatic rings. The van der Waals surface area contributed by atoms with Crippen molar-refractivity contribution in [2.45, 2.75) is 39.0 Å². The Kier molecular flexibility index (Phi) is 5.59. The zero-order valence-electron chi connectivity index (χ0n) is 18.7. The number of ketones is 1. The maximum absolute atomic E-state index is 13.4. The van der Waals surface area contributed by atoms with Gasteiger partial charge in [-0.05, 0) is 32.0 Å². The van der Waals surface area contributed by atoms with E-state index in [-0.39, 0.29) is 17.1 Å². The van der Waals surface area contributed by atoms with Crippen molar-refractivity contribution in [3.8, 4) is 10.6 Å². The lowest BCUT2D eigenvalue weighted by atomic mass is 9.71. The normalized spacial score (nSPS) is 19.4. The van der Waals surface area contributed by atoms with E-state index in [0.717, 1.165) is 56.7 Å². The first-order valence-corrected chi connectivity index (χ1v) is 12.2. The van der Waals surface area contributed by atoms with Crippen LogP contribution in [0.4, 0.5) is 0 Å². The largest absolute Gasteiger partial charge is 0.344 e. The topological polar surface area (TPSA) is 82.2 Å². The Labute approximate surface area is 191 Å². The Morgan fingerprint density at radius 3 is 2.59 bits per heavy atom. The average Bonchev–Trinajstić information content (AvgIpc) is 3.46. The van der Waals surface area contributed by atoms with Crippen LogP contribution in [0.15, 0.2) is 24.5 Å². The van der Waals surface area contributed by atoms with Crippen LogP contribution >= 0.6 is 11.3 Å². The maximum Gasteiger partial charge on any atom is 0.264 e. The van der Waals surface area contributed by atoms with Crippen molar-refractivity contribution in [1.29, 1.82) is 0 Å². The number of nitrogens with zero attached hydrogens (tertiary/aromatic N) is 4. The first-order valence-electron chi connectivity index (χ1n) is 11.4. The summed E-state index contributed by atoms with van der Waals surface area (Å²) in [6.07, 6.45) is 8.72. The van der Waals surface area contributed by atoms with Gasteiger partial charge in [0.05, 0.1) is 27.2 Å². The van der Waals surface area contributed by atoms with E-state index in [0.29, 0.717) is 27.3 Å². The number of carbonyl (C=O) groups is 2. The zero-order chi connectivity index (χ0) is 22.3. The van der Waals surface area contributed by atoms with Crippen molar-refractivity contribution in [2.75, 3.05) is 33.2 Å². The van der Waals surface area contributed by atoms with Gasteiger partial charge in [-0.1, -0.05) is 26.2 Å². The minimum atomic E-state index is -0.323. The number of amides is 1. The number of Topliss-reactive ketones (excluding diaryl/α,β-unsaturated/α-hetero) is 1. The number of likely N-dealkylation sites (N-methyl/N-ethyl adjacent to an activating group) is 1. The molecular weight excluding hydrogens is 422 g/mol. The number of H-pyrrole nitrogens is 1. The Bertz CT molecular complexity index is 1150. The summed E-state index contributed by atoms with van der Waals surface area (Å²) in [5, 5.41) is 0. The van der Waals surface area contributed by atoms with Crippen molar-refractivity contribution in [3.05, 3.63) is 35.0 Å². The molecule has 5 rings (SSSR count). The van der Waals surface area contributed by atoms with Gasteiger partial charge in [-0.3, -0.25) is 9.59 Å². The second kappa shape index (κ2) is 8.41. The highest BCUT2D eigenvalue weighted by Gasteiger charge is 2.36. The fourth-order valence-corrected chi connectivity index (χ4v) is 5.75. The van der Waals surface area contributed by atoms with Gasteiger partial charge in [-0.25, -0.2) is 9.97 Å². The van der Waals surface area contributed by atoms with Crippen LogP contribution in [-0.4, -0.2) is 69.7 Å². The number of hydrogen-bond donors (Lipinski definition) is 1. The molecule has 8 heteroatoms. The molecule has 2 fully saturated rings. The van der Waals surface area contributed by atoms with E-state index in [1.807, 2.05) is 17.0 Å². The number of hydrogen-bond acceptors (Lipinski definition) is 6. The third-order valence-electron chi connectivity index (χ3n) is 6.99. The SMILES string of the molecule is CN1CCN(C(=O)c2ccc(-c3cnc4[nH]cc(C(=O)C5(C)CCCCC5)c4n3)s2)CC1. The fourth-order valence-electron chi connectivity index (χ4n) is 4.82. The standard InChI is InChI=1S/C24H29N5O2S/c1-24(8-4-3-5-9-24)21(30)16-14-25-22-20(16)27-17(15-26-22)18-6-7-19(32-18)23(31)29-12-10-28(2)11-13-29/h6-7,14-15H,3-5,8-13H2,1-2H3,(H,25,26). The predicted octanol–water partition coefficient (Wildman–Crippen LogP) is 4.23. The van der Waals surface area contributed by atoms with Gasteiger partial charge in [0.25, 0.3) is 5.91 Å². The maximum atomic E-state index is 13.4. The molecule has 0 bridgehead atoms. The van der Waals surface area contributed by atoms with E-state index in [1.54, 1.807) is 12.4 Å². The molecule has 0 unspecified atom stereocenters. The van der Waals surface area contributed by atoms with E-state index in [4.69, 9.17) is 4.98 Å². The summed E-state index contributed by atoms with van der Waals surface area (Å²) in [6, 6.07) is 3.80. The molecule has 4 heterocycles. The first-order chi connectivity index (χ1) is 15.4. The van der Waals surface area contributed by atoms with Crippen LogP contribution in [0.3, 0.4) is 0 Å². The van der Waals surface area contributed by atoms with Crippen LogP contribution < -0.4 is 0 Å². The van der Waals surface area contributed by atoms with E-state index >= 15 is 0 Å². The smallest absolute Gasteiger partial charge is 0.264 e. The second-order valence-electron chi connectivity index (χ2n) is 9.36. The van der Waals surface area contributed by atoms with Gasteiger partial charge in [0.1, 0.15) is 5.52 Å². The quantitative estimate of drug-likeness (QED) is 0.601. The Morgan fingerprint density at radius 1 is 1.09 bits per heavy atom. The van der Waals surface area contributed by atoms with Gasteiger partial charge in [0.2, 0.25) is 0 Å². The molecule has 32 heavy (non-hydrogen) atoms. The number of rotatable bonds is 4. The van der Waals surface area contributed by atoms with Gasteiger partial charge in [-0.15, -0.1) is 11.3 Å². The number of piperazine rings is 1. The molecule has 0 radical (unpaired) electrons. The van der Waals surface area contributed by atoms with Crippen LogP contribution in [0.25, 0.3) is 21.7 Å². The minimum absolute atomic E-state index is 0.0751. The molecule has 1 aliphatic heterocycles. The molecule has 1 aliphatic carbocycles. The lowest BCUT2D eigenvalue weighted by molar-refractivity contribution is 0.0668. The van der Waals surface area contributed by atoms with E-state index in [1.165, 1.54) is 17.8 Å². The highest BCUT2D eigenvalue weighted by molar-refractivity contribution is 7.17. The van der Waals surface area contributed by atoms with Crippen molar-refractivity contribution in [3.63, 3.8) is 0 Å². The van der Waals surface area contributed by atoms with Gasteiger partial charge in [0, 0.05) is 37.8 Å². The highest BCUT2D eigenvalue weighted by Crippen LogP contribution is 2.40. The Morgan fingerprint density at radius 2 is 1.84 bits per heavy atom. The number of nitrogens with one attached hydrogen (secondary N) is 1. The summed E-state index contributed by atoms with van der Waals surface area (Å²) < 4.78 is 0. The Hall–Kier alpha value is -2.58. The zero-order valence-corrected chi connectivity index (χ0v) is 19.5. The van der Waals surface area contributed by atoms with Crippen LogP contribution in [-0.2, 0) is 0 Å². The summed E-state index contributed by atoms with van der Waals surface area (Å²) in [5.74, 6) is 0.234. The monoisotopic (exact) mass is 451 g/mol. The first kappa shape index (κ1) is 21.3. The van der Waals surface area contributed by atoms with Gasteiger partial charge in [0.15, 0.2) is 11.4 Å². The van der Waals surface area contributed by atoms with Crippen molar-refractivity contribution >= 4 is 34.2 Å². The molecule has 1 N–H and O–H groups in total. The summed E-state index contributed by atoms with van der Waals surface area (Å²) in [4.78, 5) is 44.5. The molecule has 0 spiro atoms.